The van der Waals surface area contributed by atoms with E-state index in [-0.39, 0.29) is 0 Å². The second-order valence-corrected chi connectivity index (χ2v) is 4.92. The lowest BCUT2D eigenvalue weighted by molar-refractivity contribution is 0.465. The van der Waals surface area contributed by atoms with Crippen molar-refractivity contribution in [2.45, 2.75) is 45.9 Å². The summed E-state index contributed by atoms with van der Waals surface area (Å²) in [4.78, 5) is 4.04. The van der Waals surface area contributed by atoms with Gasteiger partial charge in [0.25, 0.3) is 0 Å². The molecule has 0 saturated carbocycles. The molecule has 98 valence electrons. The lowest BCUT2D eigenvalue weighted by Gasteiger charge is -2.13. The van der Waals surface area contributed by atoms with Crippen LogP contribution in [0.3, 0.4) is 0 Å². The number of nitrogens with one attached hydrogen (secondary N) is 1. The van der Waals surface area contributed by atoms with Gasteiger partial charge in [-0.1, -0.05) is 0 Å². The molecule has 2 heterocycles. The largest absolute Gasteiger partial charge is 0.336 e. The molecule has 18 heavy (non-hydrogen) atoms. The van der Waals surface area contributed by atoms with Gasteiger partial charge in [0, 0.05) is 43.8 Å². The quantitative estimate of drug-likeness (QED) is 0.847. The Labute approximate surface area is 108 Å². The summed E-state index contributed by atoms with van der Waals surface area (Å²) in [7, 11) is 0. The summed E-state index contributed by atoms with van der Waals surface area (Å²) >= 11 is 0. The van der Waals surface area contributed by atoms with Crippen molar-refractivity contribution >= 4 is 0 Å². The van der Waals surface area contributed by atoms with Crippen LogP contribution in [-0.2, 0) is 13.1 Å². The molecule has 0 aliphatic rings. The molecule has 1 unspecified atom stereocenters. The number of hydrogen-bond acceptors (Lipinski definition) is 3. The lowest BCUT2D eigenvalue weighted by Crippen LogP contribution is -2.29. The minimum atomic E-state index is 0.392. The first-order valence-electron chi connectivity index (χ1n) is 6.38. The molecule has 0 aliphatic heterocycles. The van der Waals surface area contributed by atoms with Crippen molar-refractivity contribution in [3.05, 3.63) is 36.7 Å². The van der Waals surface area contributed by atoms with E-state index in [1.54, 1.807) is 6.20 Å². The summed E-state index contributed by atoms with van der Waals surface area (Å²) in [6, 6.07) is 2.88. The van der Waals surface area contributed by atoms with E-state index in [0.717, 1.165) is 18.8 Å². The normalized spacial score (nSPS) is 13.1. The highest BCUT2D eigenvalue weighted by Crippen LogP contribution is 2.04. The molecule has 5 heteroatoms. The second-order valence-electron chi connectivity index (χ2n) is 4.92. The van der Waals surface area contributed by atoms with Crippen molar-refractivity contribution < 1.29 is 0 Å². The van der Waals surface area contributed by atoms with Gasteiger partial charge in [-0.3, -0.25) is 4.68 Å². The van der Waals surface area contributed by atoms with E-state index in [1.165, 1.54) is 0 Å². The summed E-state index contributed by atoms with van der Waals surface area (Å²) in [6.07, 6.45) is 7.65. The van der Waals surface area contributed by atoms with Gasteiger partial charge in [0.2, 0.25) is 0 Å². The van der Waals surface area contributed by atoms with Crippen LogP contribution < -0.4 is 5.32 Å². The van der Waals surface area contributed by atoms with Crippen LogP contribution in [0.25, 0.3) is 0 Å². The molecule has 0 spiro atoms. The minimum absolute atomic E-state index is 0.392. The van der Waals surface area contributed by atoms with Crippen molar-refractivity contribution in [3.8, 4) is 0 Å². The van der Waals surface area contributed by atoms with Gasteiger partial charge in [-0.05, 0) is 26.8 Å². The Hall–Kier alpha value is -1.62. The summed E-state index contributed by atoms with van der Waals surface area (Å²) in [5.41, 5.74) is 1.08. The van der Waals surface area contributed by atoms with Crippen LogP contribution in [0, 0.1) is 0 Å². The van der Waals surface area contributed by atoms with E-state index >= 15 is 0 Å². The predicted molar refractivity (Wildman–Crippen MR) is 71.1 cm³/mol. The van der Waals surface area contributed by atoms with Crippen molar-refractivity contribution in [2.24, 2.45) is 0 Å². The minimum Gasteiger partial charge on any atom is -0.336 e. The molecule has 2 aromatic rings. The van der Waals surface area contributed by atoms with E-state index < -0.39 is 0 Å². The van der Waals surface area contributed by atoms with Crippen LogP contribution in [0.15, 0.2) is 31.0 Å². The number of rotatable bonds is 6. The number of imidazole rings is 1. The molecule has 0 amide bonds. The summed E-state index contributed by atoms with van der Waals surface area (Å²) < 4.78 is 4.06. The molecule has 2 rings (SSSR count). The fraction of sp³-hybridized carbons (Fsp3) is 0.538. The van der Waals surface area contributed by atoms with Gasteiger partial charge in [-0.2, -0.15) is 5.10 Å². The smallest absolute Gasteiger partial charge is 0.0946 e. The molecule has 1 atom stereocenters. The van der Waals surface area contributed by atoms with E-state index in [9.17, 15) is 0 Å². The predicted octanol–water partition coefficient (Wildman–Crippen LogP) is 1.84. The topological polar surface area (TPSA) is 47.7 Å². The van der Waals surface area contributed by atoms with Crippen molar-refractivity contribution in [2.75, 3.05) is 0 Å². The van der Waals surface area contributed by atoms with E-state index in [0.29, 0.717) is 12.1 Å². The van der Waals surface area contributed by atoms with Gasteiger partial charge < -0.3 is 9.88 Å². The first-order valence-corrected chi connectivity index (χ1v) is 6.38. The van der Waals surface area contributed by atoms with Gasteiger partial charge in [-0.15, -0.1) is 0 Å². The maximum atomic E-state index is 4.51. The van der Waals surface area contributed by atoms with Gasteiger partial charge in [-0.25, -0.2) is 4.98 Å². The molecule has 0 radical (unpaired) electrons. The van der Waals surface area contributed by atoms with Crippen LogP contribution in [0.5, 0.6) is 0 Å². The highest BCUT2D eigenvalue weighted by Gasteiger charge is 2.05. The SMILES string of the molecule is CC(Cn1ccnc1)NCc1ccn(C(C)C)n1. The molecule has 5 nitrogen and oxygen atoms in total. The van der Waals surface area contributed by atoms with Crippen molar-refractivity contribution in [3.63, 3.8) is 0 Å². The zero-order valence-electron chi connectivity index (χ0n) is 11.2. The molecular formula is C13H21N5. The Morgan fingerprint density at radius 2 is 2.11 bits per heavy atom. The number of hydrogen-bond donors (Lipinski definition) is 1. The number of aromatic nitrogens is 4. The van der Waals surface area contributed by atoms with Crippen LogP contribution in [0.4, 0.5) is 0 Å². The van der Waals surface area contributed by atoms with Crippen LogP contribution >= 0.6 is 0 Å². The zero-order chi connectivity index (χ0) is 13.0. The molecular weight excluding hydrogens is 226 g/mol. The van der Waals surface area contributed by atoms with E-state index in [4.69, 9.17) is 0 Å². The van der Waals surface area contributed by atoms with Gasteiger partial charge in [0.1, 0.15) is 0 Å². The summed E-state index contributed by atoms with van der Waals surface area (Å²) in [5, 5.41) is 7.98. The Balaban J connectivity index is 1.79. The highest BCUT2D eigenvalue weighted by molar-refractivity contribution is 4.99. The van der Waals surface area contributed by atoms with E-state index in [2.05, 4.69) is 46.8 Å². The fourth-order valence-electron chi connectivity index (χ4n) is 1.81. The van der Waals surface area contributed by atoms with Crippen LogP contribution in [-0.4, -0.2) is 25.4 Å². The molecule has 0 bridgehead atoms. The van der Waals surface area contributed by atoms with Gasteiger partial charge >= 0.3 is 0 Å². The standard InChI is InChI=1S/C13H21N5/c1-11(2)18-6-4-13(16-18)8-15-12(3)9-17-7-5-14-10-17/h4-7,10-12,15H,8-9H2,1-3H3. The Bertz CT molecular complexity index is 457. The van der Waals surface area contributed by atoms with Crippen molar-refractivity contribution in [1.29, 1.82) is 0 Å². The third kappa shape index (κ3) is 3.43. The molecule has 0 saturated heterocycles. The monoisotopic (exact) mass is 247 g/mol. The molecule has 0 aliphatic carbocycles. The van der Waals surface area contributed by atoms with Gasteiger partial charge in [0.05, 0.1) is 12.0 Å². The first kappa shape index (κ1) is 12.8. The third-order valence-corrected chi connectivity index (χ3v) is 2.87. The fourth-order valence-corrected chi connectivity index (χ4v) is 1.81. The van der Waals surface area contributed by atoms with E-state index in [1.807, 2.05) is 23.4 Å². The maximum absolute atomic E-state index is 4.51. The molecule has 1 N–H and O–H groups in total. The Morgan fingerprint density at radius 3 is 2.72 bits per heavy atom. The molecule has 2 aromatic heterocycles. The lowest BCUT2D eigenvalue weighted by atomic mass is 10.3. The zero-order valence-corrected chi connectivity index (χ0v) is 11.2. The maximum Gasteiger partial charge on any atom is 0.0946 e. The third-order valence-electron chi connectivity index (χ3n) is 2.87. The Kier molecular flexibility index (Phi) is 4.15. The second kappa shape index (κ2) is 5.82. The number of nitrogens with zero attached hydrogens (tertiary/aromatic N) is 4. The Morgan fingerprint density at radius 1 is 1.28 bits per heavy atom. The van der Waals surface area contributed by atoms with Crippen LogP contribution in [0.1, 0.15) is 32.5 Å². The highest BCUT2D eigenvalue weighted by atomic mass is 15.3. The molecule has 0 fully saturated rings. The van der Waals surface area contributed by atoms with Gasteiger partial charge in [0.15, 0.2) is 0 Å². The summed E-state index contributed by atoms with van der Waals surface area (Å²) in [6.45, 7) is 8.15. The molecule has 0 aromatic carbocycles. The van der Waals surface area contributed by atoms with Crippen LogP contribution in [0.2, 0.25) is 0 Å². The average molecular weight is 247 g/mol. The average Bonchev–Trinajstić information content (AvgIpc) is 2.96. The first-order chi connectivity index (χ1) is 8.65. The van der Waals surface area contributed by atoms with Crippen molar-refractivity contribution in [1.82, 2.24) is 24.6 Å². The summed E-state index contributed by atoms with van der Waals surface area (Å²) in [5.74, 6) is 0.